The number of benzene rings is 1. The third-order valence-corrected chi connectivity index (χ3v) is 6.14. The van der Waals surface area contributed by atoms with Gasteiger partial charge in [-0.3, -0.25) is 14.5 Å². The minimum absolute atomic E-state index is 0.102. The number of para-hydroxylation sites is 1. The van der Waals surface area contributed by atoms with Gasteiger partial charge in [0, 0.05) is 44.3 Å². The molecule has 0 saturated carbocycles. The van der Waals surface area contributed by atoms with Gasteiger partial charge in [0.2, 0.25) is 11.8 Å². The number of fused-ring (bicyclic) bond motifs is 1. The van der Waals surface area contributed by atoms with Crippen molar-refractivity contribution in [2.75, 3.05) is 57.3 Å². The summed E-state index contributed by atoms with van der Waals surface area (Å²) in [7, 11) is 0. The number of carbonyl (C=O) groups excluding carboxylic acids is 2. The molecule has 0 aromatic heterocycles. The van der Waals surface area contributed by atoms with E-state index >= 15 is 0 Å². The smallest absolute Gasteiger partial charge is 0.241 e. The van der Waals surface area contributed by atoms with Gasteiger partial charge in [-0.2, -0.15) is 0 Å². The number of piperazine rings is 1. The number of nitrogens with one attached hydrogen (secondary N) is 1. The molecule has 0 spiro atoms. The van der Waals surface area contributed by atoms with Crippen molar-refractivity contribution in [3.8, 4) is 0 Å². The molecule has 2 saturated heterocycles. The van der Waals surface area contributed by atoms with E-state index < -0.39 is 0 Å². The lowest BCUT2D eigenvalue weighted by atomic mass is 9.88. The number of carbonyl (C=O) groups is 2. The van der Waals surface area contributed by atoms with Crippen molar-refractivity contribution < 1.29 is 9.59 Å². The summed E-state index contributed by atoms with van der Waals surface area (Å²) < 4.78 is 0. The predicted molar refractivity (Wildman–Crippen MR) is 101 cm³/mol. The average Bonchev–Trinajstić information content (AvgIpc) is 3.04. The summed E-state index contributed by atoms with van der Waals surface area (Å²) >= 11 is 0. The number of hydrogen-bond acceptors (Lipinski definition) is 4. The van der Waals surface area contributed by atoms with Crippen molar-refractivity contribution in [2.24, 2.45) is 11.8 Å². The first-order valence-corrected chi connectivity index (χ1v) is 9.73. The standard InChI is InChI=1S/C20H28N4O2/c1-15(17-12-21-13-17)20(26)23-10-8-22(9-11-23)14-19(25)24-7-6-16-4-2-3-5-18(16)24/h2-5,15,17,21H,6-14H2,1H3. The first-order valence-electron chi connectivity index (χ1n) is 9.73. The third kappa shape index (κ3) is 3.35. The number of hydrogen-bond donors (Lipinski definition) is 1. The van der Waals surface area contributed by atoms with Crippen molar-refractivity contribution >= 4 is 17.5 Å². The molecule has 0 bridgehead atoms. The van der Waals surface area contributed by atoms with Crippen LogP contribution in [-0.2, 0) is 16.0 Å². The van der Waals surface area contributed by atoms with Crippen molar-refractivity contribution in [2.45, 2.75) is 13.3 Å². The molecule has 1 atom stereocenters. The molecule has 0 aliphatic carbocycles. The van der Waals surface area contributed by atoms with Gasteiger partial charge in [-0.15, -0.1) is 0 Å². The summed E-state index contributed by atoms with van der Waals surface area (Å²) in [5.41, 5.74) is 2.32. The molecule has 6 heteroatoms. The second-order valence-electron chi connectivity index (χ2n) is 7.73. The molecule has 1 unspecified atom stereocenters. The molecule has 2 fully saturated rings. The lowest BCUT2D eigenvalue weighted by Crippen LogP contribution is -2.55. The average molecular weight is 356 g/mol. The molecule has 0 radical (unpaired) electrons. The first kappa shape index (κ1) is 17.5. The van der Waals surface area contributed by atoms with Gasteiger partial charge in [0.25, 0.3) is 0 Å². The Morgan fingerprint density at radius 2 is 1.85 bits per heavy atom. The fourth-order valence-corrected chi connectivity index (χ4v) is 4.15. The van der Waals surface area contributed by atoms with E-state index in [0.29, 0.717) is 12.5 Å². The van der Waals surface area contributed by atoms with Crippen molar-refractivity contribution in [1.29, 1.82) is 0 Å². The molecule has 1 aromatic rings. The Labute approximate surface area is 155 Å². The molecule has 3 aliphatic rings. The molecule has 6 nitrogen and oxygen atoms in total. The van der Waals surface area contributed by atoms with Gasteiger partial charge < -0.3 is 15.1 Å². The summed E-state index contributed by atoms with van der Waals surface area (Å²) in [4.78, 5) is 31.4. The summed E-state index contributed by atoms with van der Waals surface area (Å²) in [5, 5.41) is 3.24. The maximum atomic E-state index is 12.7. The zero-order valence-electron chi connectivity index (χ0n) is 15.5. The molecule has 4 rings (SSSR count). The van der Waals surface area contributed by atoms with Crippen LogP contribution < -0.4 is 10.2 Å². The lowest BCUT2D eigenvalue weighted by Gasteiger charge is -2.39. The summed E-state index contributed by atoms with van der Waals surface area (Å²) in [6, 6.07) is 8.16. The number of rotatable bonds is 4. The molecule has 1 aromatic carbocycles. The van der Waals surface area contributed by atoms with Gasteiger partial charge in [-0.1, -0.05) is 25.1 Å². The third-order valence-electron chi connectivity index (χ3n) is 6.14. The maximum Gasteiger partial charge on any atom is 0.241 e. The van der Waals surface area contributed by atoms with Gasteiger partial charge in [-0.25, -0.2) is 0 Å². The molecular weight excluding hydrogens is 328 g/mol. The van der Waals surface area contributed by atoms with Gasteiger partial charge in [0.1, 0.15) is 0 Å². The van der Waals surface area contributed by atoms with Crippen LogP contribution in [0.5, 0.6) is 0 Å². The van der Waals surface area contributed by atoms with E-state index in [-0.39, 0.29) is 17.7 Å². The zero-order valence-corrected chi connectivity index (χ0v) is 15.5. The molecule has 2 amide bonds. The minimum Gasteiger partial charge on any atom is -0.340 e. The van der Waals surface area contributed by atoms with E-state index in [9.17, 15) is 9.59 Å². The van der Waals surface area contributed by atoms with Crippen LogP contribution in [0.3, 0.4) is 0 Å². The van der Waals surface area contributed by atoms with E-state index in [2.05, 4.69) is 23.2 Å². The number of amides is 2. The molecule has 1 N–H and O–H groups in total. The van der Waals surface area contributed by atoms with Crippen LogP contribution in [0, 0.1) is 11.8 Å². The Kier molecular flexibility index (Phi) is 4.96. The summed E-state index contributed by atoms with van der Waals surface area (Å²) in [6.45, 7) is 8.21. The monoisotopic (exact) mass is 356 g/mol. The minimum atomic E-state index is 0.102. The van der Waals surface area contributed by atoms with Crippen LogP contribution in [0.1, 0.15) is 12.5 Å². The molecule has 140 valence electrons. The normalized spacial score (nSPS) is 22.0. The van der Waals surface area contributed by atoms with E-state index in [1.54, 1.807) is 0 Å². The van der Waals surface area contributed by atoms with Gasteiger partial charge in [0.15, 0.2) is 0 Å². The van der Waals surface area contributed by atoms with Gasteiger partial charge in [0.05, 0.1) is 6.54 Å². The van der Waals surface area contributed by atoms with Crippen molar-refractivity contribution in [3.63, 3.8) is 0 Å². The van der Waals surface area contributed by atoms with Crippen molar-refractivity contribution in [1.82, 2.24) is 15.1 Å². The Morgan fingerprint density at radius 1 is 1.12 bits per heavy atom. The maximum absolute atomic E-state index is 12.7. The highest BCUT2D eigenvalue weighted by atomic mass is 16.2. The first-order chi connectivity index (χ1) is 12.6. The van der Waals surface area contributed by atoms with Crippen molar-refractivity contribution in [3.05, 3.63) is 29.8 Å². The van der Waals surface area contributed by atoms with Crippen LogP contribution in [0.15, 0.2) is 24.3 Å². The number of anilines is 1. The highest BCUT2D eigenvalue weighted by molar-refractivity contribution is 5.96. The van der Waals surface area contributed by atoms with Crippen LogP contribution in [0.25, 0.3) is 0 Å². The fraction of sp³-hybridized carbons (Fsp3) is 0.600. The largest absolute Gasteiger partial charge is 0.340 e. The Balaban J connectivity index is 1.27. The van der Waals surface area contributed by atoms with Gasteiger partial charge in [-0.05, 0) is 37.1 Å². The topological polar surface area (TPSA) is 55.9 Å². The van der Waals surface area contributed by atoms with E-state index in [1.165, 1.54) is 5.56 Å². The molecule has 26 heavy (non-hydrogen) atoms. The van der Waals surface area contributed by atoms with E-state index in [4.69, 9.17) is 0 Å². The highest BCUT2D eigenvalue weighted by Crippen LogP contribution is 2.27. The molecular formula is C20H28N4O2. The van der Waals surface area contributed by atoms with Gasteiger partial charge >= 0.3 is 0 Å². The highest BCUT2D eigenvalue weighted by Gasteiger charge is 2.33. The Hall–Kier alpha value is -1.92. The summed E-state index contributed by atoms with van der Waals surface area (Å²) in [6.07, 6.45) is 0.943. The second-order valence-corrected chi connectivity index (χ2v) is 7.73. The van der Waals surface area contributed by atoms with Crippen LogP contribution >= 0.6 is 0 Å². The van der Waals surface area contributed by atoms with E-state index in [0.717, 1.165) is 57.9 Å². The summed E-state index contributed by atoms with van der Waals surface area (Å²) in [5.74, 6) is 1.03. The Bertz CT molecular complexity index is 680. The molecule has 3 heterocycles. The Morgan fingerprint density at radius 3 is 2.54 bits per heavy atom. The number of nitrogens with zero attached hydrogens (tertiary/aromatic N) is 3. The molecule has 3 aliphatic heterocycles. The quantitative estimate of drug-likeness (QED) is 0.857. The van der Waals surface area contributed by atoms with E-state index in [1.807, 2.05) is 28.0 Å². The van der Waals surface area contributed by atoms with Crippen LogP contribution in [0.2, 0.25) is 0 Å². The predicted octanol–water partition coefficient (Wildman–Crippen LogP) is 0.575. The second kappa shape index (κ2) is 7.37. The SMILES string of the molecule is CC(C(=O)N1CCN(CC(=O)N2CCc3ccccc32)CC1)C1CNC1. The fourth-order valence-electron chi connectivity index (χ4n) is 4.15. The zero-order chi connectivity index (χ0) is 18.1. The van der Waals surface area contributed by atoms with Crippen LogP contribution in [-0.4, -0.2) is 74.0 Å². The van der Waals surface area contributed by atoms with Crippen LogP contribution in [0.4, 0.5) is 5.69 Å². The lowest BCUT2D eigenvalue weighted by molar-refractivity contribution is -0.139.